The van der Waals surface area contributed by atoms with Crippen LogP contribution in [0.5, 0.6) is 5.75 Å². The zero-order valence-electron chi connectivity index (χ0n) is 14.2. The van der Waals surface area contributed by atoms with Gasteiger partial charge in [0.15, 0.2) is 0 Å². The van der Waals surface area contributed by atoms with Crippen LogP contribution in [0.3, 0.4) is 0 Å². The van der Waals surface area contributed by atoms with Crippen LogP contribution in [0.1, 0.15) is 24.8 Å². The lowest BCUT2D eigenvalue weighted by Crippen LogP contribution is -2.41. The van der Waals surface area contributed by atoms with Crippen molar-refractivity contribution in [3.63, 3.8) is 0 Å². The van der Waals surface area contributed by atoms with Gasteiger partial charge in [-0.05, 0) is 37.0 Å². The molecular formula is C18H24F2N2O3. The topological polar surface area (TPSA) is 42.0 Å². The van der Waals surface area contributed by atoms with Crippen molar-refractivity contribution in [2.45, 2.75) is 38.5 Å². The summed E-state index contributed by atoms with van der Waals surface area (Å²) in [6, 6.07) is 6.79. The van der Waals surface area contributed by atoms with Gasteiger partial charge in [-0.25, -0.2) is 0 Å². The van der Waals surface area contributed by atoms with Gasteiger partial charge in [-0.15, -0.1) is 0 Å². The van der Waals surface area contributed by atoms with Gasteiger partial charge in [-0.1, -0.05) is 12.1 Å². The summed E-state index contributed by atoms with van der Waals surface area (Å²) in [5.74, 6) is 0.282. The standard InChI is InChI=1S/C18H24F2N2O3/c19-18(20)25-15-5-1-4-14(12-15)13-21-7-3-8-22(10-9-21)17(23)16-6-2-11-24-16/h1,4-5,12,16,18H,2-3,6-11,13H2/t16-/m1/s1. The van der Waals surface area contributed by atoms with E-state index in [2.05, 4.69) is 9.64 Å². The Kier molecular flexibility index (Phi) is 6.20. The van der Waals surface area contributed by atoms with Crippen LogP contribution in [0.2, 0.25) is 0 Å². The van der Waals surface area contributed by atoms with E-state index in [1.807, 2.05) is 11.0 Å². The fraction of sp³-hybridized carbons (Fsp3) is 0.611. The van der Waals surface area contributed by atoms with E-state index in [0.717, 1.165) is 44.5 Å². The molecule has 1 atom stereocenters. The van der Waals surface area contributed by atoms with Crippen LogP contribution in [-0.2, 0) is 16.1 Å². The van der Waals surface area contributed by atoms with Crippen molar-refractivity contribution in [1.29, 1.82) is 0 Å². The number of benzene rings is 1. The first-order valence-corrected chi connectivity index (χ1v) is 8.78. The molecule has 25 heavy (non-hydrogen) atoms. The summed E-state index contributed by atoms with van der Waals surface area (Å²) in [6.07, 6.45) is 2.39. The molecule has 0 bridgehead atoms. The molecule has 0 saturated carbocycles. The molecule has 0 spiro atoms. The average Bonchev–Trinajstić information content (AvgIpc) is 3.02. The Hall–Kier alpha value is -1.73. The number of carbonyl (C=O) groups is 1. The number of halogens is 2. The fourth-order valence-electron chi connectivity index (χ4n) is 3.40. The van der Waals surface area contributed by atoms with E-state index in [-0.39, 0.29) is 17.8 Å². The SMILES string of the molecule is O=C([C@H]1CCCO1)N1CCCN(Cc2cccc(OC(F)F)c2)CC1. The van der Waals surface area contributed by atoms with Gasteiger partial charge >= 0.3 is 6.61 Å². The first-order valence-electron chi connectivity index (χ1n) is 8.78. The first kappa shape index (κ1) is 18.1. The molecule has 5 nitrogen and oxygen atoms in total. The van der Waals surface area contributed by atoms with Crippen molar-refractivity contribution in [3.05, 3.63) is 29.8 Å². The third-order valence-electron chi connectivity index (χ3n) is 4.64. The summed E-state index contributed by atoms with van der Waals surface area (Å²) in [5, 5.41) is 0. The minimum absolute atomic E-state index is 0.103. The third kappa shape index (κ3) is 5.12. The molecule has 0 unspecified atom stereocenters. The smallest absolute Gasteiger partial charge is 0.387 e. The summed E-state index contributed by atoms with van der Waals surface area (Å²) >= 11 is 0. The minimum Gasteiger partial charge on any atom is -0.435 e. The van der Waals surface area contributed by atoms with Gasteiger partial charge in [-0.2, -0.15) is 8.78 Å². The average molecular weight is 354 g/mol. The Bertz CT molecular complexity index is 579. The van der Waals surface area contributed by atoms with E-state index in [9.17, 15) is 13.6 Å². The minimum atomic E-state index is -2.81. The van der Waals surface area contributed by atoms with Gasteiger partial charge in [0.05, 0.1) is 0 Å². The molecule has 0 aromatic heterocycles. The van der Waals surface area contributed by atoms with E-state index < -0.39 is 6.61 Å². The van der Waals surface area contributed by atoms with Gasteiger partial charge < -0.3 is 14.4 Å². The van der Waals surface area contributed by atoms with E-state index in [1.54, 1.807) is 12.1 Å². The van der Waals surface area contributed by atoms with Gasteiger partial charge in [0.25, 0.3) is 5.91 Å². The highest BCUT2D eigenvalue weighted by molar-refractivity contribution is 5.81. The molecule has 2 aliphatic heterocycles. The molecule has 2 saturated heterocycles. The maximum absolute atomic E-state index is 12.5. The summed E-state index contributed by atoms with van der Waals surface area (Å²) < 4.78 is 34.6. The molecule has 1 aromatic rings. The van der Waals surface area contributed by atoms with Crippen molar-refractivity contribution in [3.8, 4) is 5.75 Å². The van der Waals surface area contributed by atoms with Crippen LogP contribution in [0, 0.1) is 0 Å². The van der Waals surface area contributed by atoms with Crippen molar-refractivity contribution in [2.75, 3.05) is 32.8 Å². The highest BCUT2D eigenvalue weighted by Gasteiger charge is 2.29. The maximum atomic E-state index is 12.5. The molecule has 3 rings (SSSR count). The summed E-state index contributed by atoms with van der Waals surface area (Å²) in [5.41, 5.74) is 0.928. The second kappa shape index (κ2) is 8.58. The molecular weight excluding hydrogens is 330 g/mol. The highest BCUT2D eigenvalue weighted by atomic mass is 19.3. The van der Waals surface area contributed by atoms with E-state index in [4.69, 9.17) is 4.74 Å². The van der Waals surface area contributed by atoms with Gasteiger partial charge in [0.2, 0.25) is 0 Å². The first-order chi connectivity index (χ1) is 12.1. The quantitative estimate of drug-likeness (QED) is 0.815. The molecule has 138 valence electrons. The van der Waals surface area contributed by atoms with E-state index in [0.29, 0.717) is 19.7 Å². The van der Waals surface area contributed by atoms with Gasteiger partial charge in [-0.3, -0.25) is 9.69 Å². The second-order valence-corrected chi connectivity index (χ2v) is 6.48. The summed E-state index contributed by atoms with van der Waals surface area (Å²) in [4.78, 5) is 16.6. The monoisotopic (exact) mass is 354 g/mol. The predicted octanol–water partition coefficient (Wildman–Crippen LogP) is 2.50. The predicted molar refractivity (Wildman–Crippen MR) is 88.5 cm³/mol. The van der Waals surface area contributed by atoms with Crippen molar-refractivity contribution >= 4 is 5.91 Å². The third-order valence-corrected chi connectivity index (χ3v) is 4.64. The zero-order chi connectivity index (χ0) is 17.6. The van der Waals surface area contributed by atoms with Crippen LogP contribution in [-0.4, -0.2) is 61.2 Å². The van der Waals surface area contributed by atoms with Crippen LogP contribution >= 0.6 is 0 Å². The molecule has 0 aliphatic carbocycles. The number of nitrogens with zero attached hydrogens (tertiary/aromatic N) is 2. The van der Waals surface area contributed by atoms with Gasteiger partial charge in [0, 0.05) is 39.3 Å². The zero-order valence-corrected chi connectivity index (χ0v) is 14.2. The summed E-state index contributed by atoms with van der Waals surface area (Å²) in [7, 11) is 0. The number of amides is 1. The molecule has 2 heterocycles. The molecule has 0 radical (unpaired) electrons. The van der Waals surface area contributed by atoms with Crippen LogP contribution in [0.15, 0.2) is 24.3 Å². The number of hydrogen-bond donors (Lipinski definition) is 0. The number of carbonyl (C=O) groups excluding carboxylic acids is 1. The van der Waals surface area contributed by atoms with Gasteiger partial charge in [0.1, 0.15) is 11.9 Å². The Labute approximate surface area is 146 Å². The Morgan fingerprint density at radius 1 is 1.24 bits per heavy atom. The number of rotatable bonds is 5. The van der Waals surface area contributed by atoms with Crippen LogP contribution in [0.4, 0.5) is 8.78 Å². The number of alkyl halides is 2. The molecule has 1 amide bonds. The number of ether oxygens (including phenoxy) is 2. The van der Waals surface area contributed by atoms with Crippen LogP contribution < -0.4 is 4.74 Å². The van der Waals surface area contributed by atoms with E-state index >= 15 is 0 Å². The molecule has 2 aliphatic rings. The molecule has 1 aromatic carbocycles. The fourth-order valence-corrected chi connectivity index (χ4v) is 3.40. The van der Waals surface area contributed by atoms with Crippen LogP contribution in [0.25, 0.3) is 0 Å². The maximum Gasteiger partial charge on any atom is 0.387 e. The molecule has 7 heteroatoms. The normalized spacial score (nSPS) is 22.2. The lowest BCUT2D eigenvalue weighted by molar-refractivity contribution is -0.140. The lowest BCUT2D eigenvalue weighted by atomic mass is 10.2. The van der Waals surface area contributed by atoms with E-state index in [1.165, 1.54) is 6.07 Å². The molecule has 0 N–H and O–H groups in total. The Morgan fingerprint density at radius 2 is 2.12 bits per heavy atom. The Balaban J connectivity index is 1.53. The lowest BCUT2D eigenvalue weighted by Gasteiger charge is -2.24. The Morgan fingerprint density at radius 3 is 2.88 bits per heavy atom. The van der Waals surface area contributed by atoms with Crippen molar-refractivity contribution in [1.82, 2.24) is 9.80 Å². The van der Waals surface area contributed by atoms with Crippen molar-refractivity contribution in [2.24, 2.45) is 0 Å². The second-order valence-electron chi connectivity index (χ2n) is 6.48. The molecule has 2 fully saturated rings. The largest absolute Gasteiger partial charge is 0.435 e. The summed E-state index contributed by atoms with van der Waals surface area (Å²) in [6.45, 7) is 1.56. The van der Waals surface area contributed by atoms with Crippen molar-refractivity contribution < 1.29 is 23.0 Å². The highest BCUT2D eigenvalue weighted by Crippen LogP contribution is 2.19. The number of hydrogen-bond acceptors (Lipinski definition) is 4.